The smallest absolute Gasteiger partial charge is 0.334 e. The Labute approximate surface area is 116 Å². The molecule has 1 aromatic carbocycles. The SMILES string of the molecule is CCCc1ccc2c(c1)CCN(C(=O)C(F)(F)F)CC2. The van der Waals surface area contributed by atoms with E-state index < -0.39 is 12.1 Å². The molecule has 0 aromatic heterocycles. The van der Waals surface area contributed by atoms with Gasteiger partial charge in [-0.2, -0.15) is 13.2 Å². The van der Waals surface area contributed by atoms with Gasteiger partial charge in [-0.25, -0.2) is 0 Å². The molecule has 0 spiro atoms. The van der Waals surface area contributed by atoms with Gasteiger partial charge in [0.1, 0.15) is 0 Å². The second-order valence-electron chi connectivity index (χ2n) is 5.14. The highest BCUT2D eigenvalue weighted by Gasteiger charge is 2.42. The Morgan fingerprint density at radius 2 is 1.85 bits per heavy atom. The lowest BCUT2D eigenvalue weighted by molar-refractivity contribution is -0.185. The fourth-order valence-electron chi connectivity index (χ4n) is 2.61. The van der Waals surface area contributed by atoms with Gasteiger partial charge >= 0.3 is 12.1 Å². The van der Waals surface area contributed by atoms with Crippen molar-refractivity contribution < 1.29 is 18.0 Å². The summed E-state index contributed by atoms with van der Waals surface area (Å²) in [5, 5.41) is 0. The molecule has 1 heterocycles. The highest BCUT2D eigenvalue weighted by molar-refractivity contribution is 5.82. The van der Waals surface area contributed by atoms with Gasteiger partial charge in [0.05, 0.1) is 0 Å². The van der Waals surface area contributed by atoms with E-state index in [0.29, 0.717) is 12.8 Å². The van der Waals surface area contributed by atoms with Crippen molar-refractivity contribution in [3.05, 3.63) is 34.9 Å². The fraction of sp³-hybridized carbons (Fsp3) is 0.533. The van der Waals surface area contributed by atoms with E-state index in [1.165, 1.54) is 5.56 Å². The van der Waals surface area contributed by atoms with Crippen molar-refractivity contribution in [2.45, 2.75) is 38.8 Å². The molecule has 0 bridgehead atoms. The zero-order valence-electron chi connectivity index (χ0n) is 11.5. The monoisotopic (exact) mass is 285 g/mol. The van der Waals surface area contributed by atoms with Crippen LogP contribution in [0.25, 0.3) is 0 Å². The second-order valence-corrected chi connectivity index (χ2v) is 5.14. The zero-order chi connectivity index (χ0) is 14.8. The second kappa shape index (κ2) is 5.85. The molecule has 0 fully saturated rings. The molecule has 0 saturated carbocycles. The number of hydrogen-bond donors (Lipinski definition) is 0. The van der Waals surface area contributed by atoms with Crippen molar-refractivity contribution in [3.63, 3.8) is 0 Å². The van der Waals surface area contributed by atoms with Gasteiger partial charge < -0.3 is 4.90 Å². The van der Waals surface area contributed by atoms with Crippen molar-refractivity contribution in [3.8, 4) is 0 Å². The minimum Gasteiger partial charge on any atom is -0.334 e. The van der Waals surface area contributed by atoms with Crippen LogP contribution in [0.1, 0.15) is 30.0 Å². The summed E-state index contributed by atoms with van der Waals surface area (Å²) in [6.07, 6.45) is -1.78. The van der Waals surface area contributed by atoms with Crippen LogP contribution in [0.3, 0.4) is 0 Å². The number of aryl methyl sites for hydroxylation is 1. The first-order valence-corrected chi connectivity index (χ1v) is 6.88. The lowest BCUT2D eigenvalue weighted by Crippen LogP contribution is -2.42. The van der Waals surface area contributed by atoms with Crippen molar-refractivity contribution in [2.24, 2.45) is 0 Å². The van der Waals surface area contributed by atoms with E-state index in [-0.39, 0.29) is 13.1 Å². The predicted octanol–water partition coefficient (Wildman–Crippen LogP) is 3.13. The van der Waals surface area contributed by atoms with E-state index in [4.69, 9.17) is 0 Å². The first-order chi connectivity index (χ1) is 9.41. The van der Waals surface area contributed by atoms with Crippen LogP contribution in [0.4, 0.5) is 13.2 Å². The largest absolute Gasteiger partial charge is 0.471 e. The Bertz CT molecular complexity index is 496. The number of alkyl halides is 3. The van der Waals surface area contributed by atoms with E-state index in [0.717, 1.165) is 28.9 Å². The maximum atomic E-state index is 12.5. The summed E-state index contributed by atoms with van der Waals surface area (Å²) >= 11 is 0. The number of fused-ring (bicyclic) bond motifs is 1. The van der Waals surface area contributed by atoms with E-state index >= 15 is 0 Å². The summed E-state index contributed by atoms with van der Waals surface area (Å²) in [5.41, 5.74) is 3.34. The lowest BCUT2D eigenvalue weighted by atomic mass is 9.98. The summed E-state index contributed by atoms with van der Waals surface area (Å²) in [6.45, 7) is 2.37. The number of nitrogens with zero attached hydrogens (tertiary/aromatic N) is 1. The summed E-state index contributed by atoms with van der Waals surface area (Å²) in [4.78, 5) is 12.2. The van der Waals surface area contributed by atoms with Crippen LogP contribution in [-0.2, 0) is 24.1 Å². The number of carbonyl (C=O) groups excluding carboxylic acids is 1. The van der Waals surface area contributed by atoms with E-state index in [9.17, 15) is 18.0 Å². The molecule has 1 aliphatic rings. The average Bonchev–Trinajstić information content (AvgIpc) is 2.59. The van der Waals surface area contributed by atoms with Gasteiger partial charge in [-0.1, -0.05) is 31.5 Å². The summed E-state index contributed by atoms with van der Waals surface area (Å²) in [6, 6.07) is 6.09. The fourth-order valence-corrected chi connectivity index (χ4v) is 2.61. The average molecular weight is 285 g/mol. The van der Waals surface area contributed by atoms with Crippen molar-refractivity contribution in [1.29, 1.82) is 0 Å². The number of halogens is 3. The maximum Gasteiger partial charge on any atom is 0.471 e. The molecule has 2 rings (SSSR count). The zero-order valence-corrected chi connectivity index (χ0v) is 11.5. The van der Waals surface area contributed by atoms with Crippen LogP contribution >= 0.6 is 0 Å². The molecule has 0 aliphatic carbocycles. The van der Waals surface area contributed by atoms with Crippen molar-refractivity contribution in [1.82, 2.24) is 4.90 Å². The Morgan fingerprint density at radius 1 is 1.20 bits per heavy atom. The molecule has 0 radical (unpaired) electrons. The van der Waals surface area contributed by atoms with Gasteiger partial charge in [0.2, 0.25) is 0 Å². The van der Waals surface area contributed by atoms with E-state index in [1.54, 1.807) is 0 Å². The van der Waals surface area contributed by atoms with Crippen LogP contribution in [0, 0.1) is 0 Å². The molecule has 1 amide bonds. The standard InChI is InChI=1S/C15H18F3NO/c1-2-3-11-4-5-12-6-8-19(9-7-13(12)10-11)14(20)15(16,17)18/h4-5,10H,2-3,6-9H2,1H3. The summed E-state index contributed by atoms with van der Waals surface area (Å²) < 4.78 is 37.4. The quantitative estimate of drug-likeness (QED) is 0.817. The molecule has 0 saturated heterocycles. The van der Waals surface area contributed by atoms with E-state index in [1.807, 2.05) is 12.1 Å². The third-order valence-electron chi connectivity index (χ3n) is 3.64. The highest BCUT2D eigenvalue weighted by Crippen LogP contribution is 2.23. The Balaban J connectivity index is 2.12. The first-order valence-electron chi connectivity index (χ1n) is 6.88. The molecule has 1 aliphatic heterocycles. The molecule has 2 nitrogen and oxygen atoms in total. The molecular weight excluding hydrogens is 267 g/mol. The Morgan fingerprint density at radius 3 is 2.45 bits per heavy atom. The van der Waals surface area contributed by atoms with Gasteiger partial charge in [0, 0.05) is 13.1 Å². The Kier molecular flexibility index (Phi) is 4.35. The minimum absolute atomic E-state index is 0.137. The van der Waals surface area contributed by atoms with Crippen LogP contribution in [0.2, 0.25) is 0 Å². The number of amides is 1. The van der Waals surface area contributed by atoms with Crippen LogP contribution in [-0.4, -0.2) is 30.1 Å². The van der Waals surface area contributed by atoms with Gasteiger partial charge in [0.25, 0.3) is 0 Å². The highest BCUT2D eigenvalue weighted by atomic mass is 19.4. The van der Waals surface area contributed by atoms with Gasteiger partial charge in [0.15, 0.2) is 0 Å². The third kappa shape index (κ3) is 3.32. The van der Waals surface area contributed by atoms with E-state index in [2.05, 4.69) is 13.0 Å². The van der Waals surface area contributed by atoms with Crippen LogP contribution in [0.5, 0.6) is 0 Å². The molecule has 0 unspecified atom stereocenters. The van der Waals surface area contributed by atoms with Crippen molar-refractivity contribution >= 4 is 5.91 Å². The molecule has 0 atom stereocenters. The number of rotatable bonds is 2. The van der Waals surface area contributed by atoms with Gasteiger partial charge in [-0.05, 0) is 36.0 Å². The molecule has 5 heteroatoms. The third-order valence-corrected chi connectivity index (χ3v) is 3.64. The topological polar surface area (TPSA) is 20.3 Å². The molecule has 20 heavy (non-hydrogen) atoms. The number of hydrogen-bond acceptors (Lipinski definition) is 1. The Hall–Kier alpha value is -1.52. The summed E-state index contributed by atoms with van der Waals surface area (Å²) in [5.74, 6) is -1.72. The normalized spacial score (nSPS) is 15.7. The summed E-state index contributed by atoms with van der Waals surface area (Å²) in [7, 11) is 0. The van der Waals surface area contributed by atoms with Gasteiger partial charge in [-0.15, -0.1) is 0 Å². The van der Waals surface area contributed by atoms with Crippen LogP contribution < -0.4 is 0 Å². The van der Waals surface area contributed by atoms with Crippen LogP contribution in [0.15, 0.2) is 18.2 Å². The lowest BCUT2D eigenvalue weighted by Gasteiger charge is -2.21. The molecule has 110 valence electrons. The van der Waals surface area contributed by atoms with Crippen molar-refractivity contribution in [2.75, 3.05) is 13.1 Å². The minimum atomic E-state index is -4.77. The molecular formula is C15H18F3NO. The number of carbonyl (C=O) groups is 1. The molecule has 1 aromatic rings. The predicted molar refractivity (Wildman–Crippen MR) is 70.5 cm³/mol. The van der Waals surface area contributed by atoms with Gasteiger partial charge in [-0.3, -0.25) is 4.79 Å². The number of benzene rings is 1. The maximum absolute atomic E-state index is 12.5. The first kappa shape index (κ1) is 14.9. The molecule has 0 N–H and O–H groups in total.